The quantitative estimate of drug-likeness (QED) is 0.555. The number of nitrogens with zero attached hydrogens (tertiary/aromatic N) is 3. The van der Waals surface area contributed by atoms with E-state index in [4.69, 9.17) is 10.5 Å². The normalized spacial score (nSPS) is 35.1. The van der Waals surface area contributed by atoms with E-state index in [1.54, 1.807) is 23.8 Å². The Hall–Kier alpha value is -2.00. The van der Waals surface area contributed by atoms with E-state index in [0.717, 1.165) is 0 Å². The molecular weight excluding hydrogens is 288 g/mol. The summed E-state index contributed by atoms with van der Waals surface area (Å²) in [5.74, 6) is 0.298. The largest absolute Gasteiger partial charge is 0.394 e. The van der Waals surface area contributed by atoms with E-state index in [-0.39, 0.29) is 0 Å². The van der Waals surface area contributed by atoms with Crippen LogP contribution in [0.1, 0.15) is 6.92 Å². The molecule has 2 aromatic heterocycles. The van der Waals surface area contributed by atoms with E-state index in [1.165, 1.54) is 12.4 Å². The Morgan fingerprint density at radius 2 is 2.27 bits per heavy atom. The van der Waals surface area contributed by atoms with Crippen molar-refractivity contribution in [2.45, 2.75) is 30.5 Å². The van der Waals surface area contributed by atoms with E-state index in [9.17, 15) is 15.3 Å². The smallest absolute Gasteiger partial charge is 0.179 e. The molecule has 8 heteroatoms. The molecule has 22 heavy (non-hydrogen) atoms. The number of anilines is 1. The predicted molar refractivity (Wildman–Crippen MR) is 78.7 cm³/mol. The summed E-state index contributed by atoms with van der Waals surface area (Å²) in [5, 5.41) is 31.1. The van der Waals surface area contributed by atoms with Crippen molar-refractivity contribution in [2.24, 2.45) is 0 Å². The molecule has 2 aromatic rings. The lowest BCUT2D eigenvalue weighted by molar-refractivity contribution is -0.160. The van der Waals surface area contributed by atoms with E-state index in [0.29, 0.717) is 16.9 Å². The molecule has 0 saturated carbocycles. The lowest BCUT2D eigenvalue weighted by Crippen LogP contribution is -2.54. The van der Waals surface area contributed by atoms with Gasteiger partial charge in [-0.2, -0.15) is 0 Å². The number of rotatable bonds is 3. The lowest BCUT2D eigenvalue weighted by Gasteiger charge is -2.38. The number of aliphatic hydroxyl groups excluding tert-OH is 2. The summed E-state index contributed by atoms with van der Waals surface area (Å²) in [4.78, 5) is 8.08. The minimum atomic E-state index is -1.81. The second-order valence-electron chi connectivity index (χ2n) is 5.48. The molecule has 8 nitrogen and oxygen atoms in total. The highest BCUT2D eigenvalue weighted by atomic mass is 16.6. The fraction of sp³-hybridized carbons (Fsp3) is 0.429. The number of nitrogen functional groups attached to an aromatic ring is 1. The first-order chi connectivity index (χ1) is 10.4. The topological polar surface area (TPSA) is 127 Å². The van der Waals surface area contributed by atoms with Crippen molar-refractivity contribution in [3.05, 3.63) is 31.2 Å². The fourth-order valence-electron chi connectivity index (χ4n) is 3.02. The molecule has 1 aliphatic heterocycles. The van der Waals surface area contributed by atoms with Crippen LogP contribution in [-0.4, -0.2) is 54.3 Å². The first-order valence-electron chi connectivity index (χ1n) is 6.79. The van der Waals surface area contributed by atoms with Crippen LogP contribution in [0, 0.1) is 0 Å². The van der Waals surface area contributed by atoms with Gasteiger partial charge in [-0.25, -0.2) is 9.97 Å². The molecule has 0 aliphatic carbocycles. The third kappa shape index (κ3) is 1.66. The molecule has 0 spiro atoms. The molecule has 0 unspecified atom stereocenters. The molecule has 1 aliphatic rings. The van der Waals surface area contributed by atoms with Crippen LogP contribution in [0.2, 0.25) is 0 Å². The van der Waals surface area contributed by atoms with Gasteiger partial charge in [-0.15, -0.1) is 0 Å². The highest BCUT2D eigenvalue weighted by Crippen LogP contribution is 2.45. The van der Waals surface area contributed by atoms with Gasteiger partial charge in [0.1, 0.15) is 30.0 Å². The molecular formula is C14H18N4O4. The number of aliphatic hydroxyl groups is 3. The lowest BCUT2D eigenvalue weighted by atomic mass is 9.86. The van der Waals surface area contributed by atoms with Crippen LogP contribution in [0.3, 0.4) is 0 Å². The van der Waals surface area contributed by atoms with Gasteiger partial charge in [-0.3, -0.25) is 0 Å². The average Bonchev–Trinajstić information content (AvgIpc) is 3.03. The molecule has 0 radical (unpaired) electrons. The Balaban J connectivity index is 2.23. The van der Waals surface area contributed by atoms with Crippen molar-refractivity contribution in [3.8, 4) is 0 Å². The van der Waals surface area contributed by atoms with Crippen molar-refractivity contribution in [3.63, 3.8) is 0 Å². The zero-order valence-electron chi connectivity index (χ0n) is 12.0. The number of hydrogen-bond donors (Lipinski definition) is 4. The van der Waals surface area contributed by atoms with Crippen LogP contribution >= 0.6 is 0 Å². The van der Waals surface area contributed by atoms with Crippen LogP contribution in [0.4, 0.5) is 5.82 Å². The number of ether oxygens (including phenoxy) is 1. The molecule has 1 fully saturated rings. The van der Waals surface area contributed by atoms with E-state index < -0.39 is 30.1 Å². The van der Waals surface area contributed by atoms with Gasteiger partial charge in [0.05, 0.1) is 12.0 Å². The minimum Gasteiger partial charge on any atom is -0.394 e. The monoisotopic (exact) mass is 306 g/mol. The summed E-state index contributed by atoms with van der Waals surface area (Å²) in [5.41, 5.74) is 3.03. The van der Waals surface area contributed by atoms with Crippen LogP contribution < -0.4 is 5.73 Å². The Morgan fingerprint density at radius 1 is 1.55 bits per heavy atom. The molecule has 0 bridgehead atoms. The van der Waals surface area contributed by atoms with Gasteiger partial charge in [-0.1, -0.05) is 12.7 Å². The highest BCUT2D eigenvalue weighted by molar-refractivity contribution is 5.86. The van der Waals surface area contributed by atoms with Crippen molar-refractivity contribution in [1.82, 2.24) is 14.5 Å². The summed E-state index contributed by atoms with van der Waals surface area (Å²) < 4.78 is 7.31. The molecule has 0 amide bonds. The second kappa shape index (κ2) is 4.75. The number of aromatic nitrogens is 3. The van der Waals surface area contributed by atoms with E-state index >= 15 is 0 Å². The van der Waals surface area contributed by atoms with Gasteiger partial charge >= 0.3 is 0 Å². The summed E-state index contributed by atoms with van der Waals surface area (Å²) in [6.07, 6.45) is 1.86. The average molecular weight is 306 g/mol. The first-order valence-corrected chi connectivity index (χ1v) is 6.79. The maximum absolute atomic E-state index is 10.9. The Labute approximate surface area is 126 Å². The molecule has 5 N–H and O–H groups in total. The summed E-state index contributed by atoms with van der Waals surface area (Å²) in [6, 6.07) is 1.70. The number of fused-ring (bicyclic) bond motifs is 1. The van der Waals surface area contributed by atoms with Crippen LogP contribution in [-0.2, 0) is 10.5 Å². The zero-order valence-corrected chi connectivity index (χ0v) is 12.0. The SMILES string of the molecule is C=C[C@@]1(O)[C@H](O)[C@@H](CO)O[C@@]1(C)n1ccc2c(N)ncnc21. The molecule has 3 heterocycles. The summed E-state index contributed by atoms with van der Waals surface area (Å²) in [7, 11) is 0. The van der Waals surface area contributed by atoms with Crippen LogP contribution in [0.15, 0.2) is 31.2 Å². The van der Waals surface area contributed by atoms with Crippen molar-refractivity contribution in [1.29, 1.82) is 0 Å². The van der Waals surface area contributed by atoms with Crippen molar-refractivity contribution >= 4 is 16.9 Å². The zero-order chi connectivity index (χ0) is 16.1. The van der Waals surface area contributed by atoms with Gasteiger partial charge in [0, 0.05) is 6.20 Å². The van der Waals surface area contributed by atoms with Crippen molar-refractivity contribution in [2.75, 3.05) is 12.3 Å². The maximum atomic E-state index is 10.9. The Kier molecular flexibility index (Phi) is 3.22. The maximum Gasteiger partial charge on any atom is 0.179 e. The van der Waals surface area contributed by atoms with E-state index in [1.807, 2.05) is 0 Å². The highest BCUT2D eigenvalue weighted by Gasteiger charge is 2.62. The van der Waals surface area contributed by atoms with Crippen LogP contribution in [0.25, 0.3) is 11.0 Å². The molecule has 4 atom stereocenters. The molecule has 1 saturated heterocycles. The molecule has 0 aromatic carbocycles. The summed E-state index contributed by atoms with van der Waals surface area (Å²) >= 11 is 0. The molecule has 118 valence electrons. The second-order valence-corrected chi connectivity index (χ2v) is 5.48. The Bertz CT molecular complexity index is 733. The minimum absolute atomic E-state index is 0.298. The molecule has 3 rings (SSSR count). The fourth-order valence-corrected chi connectivity index (χ4v) is 3.02. The number of nitrogens with two attached hydrogens (primary N) is 1. The summed E-state index contributed by atoms with van der Waals surface area (Å²) in [6.45, 7) is 4.74. The number of hydrogen-bond acceptors (Lipinski definition) is 7. The van der Waals surface area contributed by atoms with Gasteiger partial charge in [0.25, 0.3) is 0 Å². The standard InChI is InChI=1S/C14H18N4O4/c1-3-14(21)10(20)9(6-19)22-13(14,2)18-5-4-8-11(15)16-7-17-12(8)18/h3-5,7,9-10,19-21H,1,6H2,2H3,(H2,15,16,17)/t9-,10-,13-,14-/m1/s1. The van der Waals surface area contributed by atoms with Crippen molar-refractivity contribution < 1.29 is 20.1 Å². The first kappa shape index (κ1) is 14.9. The third-order valence-electron chi connectivity index (χ3n) is 4.39. The van der Waals surface area contributed by atoms with Gasteiger partial charge in [0.2, 0.25) is 0 Å². The van der Waals surface area contributed by atoms with Gasteiger partial charge in [-0.05, 0) is 13.0 Å². The predicted octanol–water partition coefficient (Wildman–Crippen LogP) is -0.645. The van der Waals surface area contributed by atoms with E-state index in [2.05, 4.69) is 16.5 Å². The van der Waals surface area contributed by atoms with Crippen LogP contribution in [0.5, 0.6) is 0 Å². The Morgan fingerprint density at radius 3 is 2.91 bits per heavy atom. The van der Waals surface area contributed by atoms with Gasteiger partial charge in [0.15, 0.2) is 11.3 Å². The van der Waals surface area contributed by atoms with Gasteiger partial charge < -0.3 is 30.4 Å². The third-order valence-corrected chi connectivity index (χ3v) is 4.39.